The van der Waals surface area contributed by atoms with Crippen molar-refractivity contribution in [2.24, 2.45) is 0 Å². The van der Waals surface area contributed by atoms with Gasteiger partial charge in [0.1, 0.15) is 5.75 Å². The molecule has 0 bridgehead atoms. The standard InChI is InChI=1S/C16H17NO3/c1-11-6-5-9-13(15(11)19)16(20)17-14(10-18)12-7-3-2-4-8-12/h2-9,14,18-19H,10H2,1H3,(H,17,20)/t14-/m1/s1. The van der Waals surface area contributed by atoms with Crippen LogP contribution in [-0.4, -0.2) is 22.7 Å². The first-order chi connectivity index (χ1) is 9.63. The molecular formula is C16H17NO3. The van der Waals surface area contributed by atoms with Crippen molar-refractivity contribution >= 4 is 5.91 Å². The minimum absolute atomic E-state index is 0.0326. The average molecular weight is 271 g/mol. The Morgan fingerprint density at radius 1 is 1.15 bits per heavy atom. The highest BCUT2D eigenvalue weighted by Crippen LogP contribution is 2.22. The lowest BCUT2D eigenvalue weighted by atomic mass is 10.1. The monoisotopic (exact) mass is 271 g/mol. The van der Waals surface area contributed by atoms with Gasteiger partial charge in [0.05, 0.1) is 18.2 Å². The van der Waals surface area contributed by atoms with Crippen LogP contribution in [0.15, 0.2) is 48.5 Å². The highest BCUT2D eigenvalue weighted by atomic mass is 16.3. The van der Waals surface area contributed by atoms with E-state index in [2.05, 4.69) is 5.32 Å². The molecule has 0 heterocycles. The molecule has 2 rings (SSSR count). The van der Waals surface area contributed by atoms with Gasteiger partial charge in [-0.15, -0.1) is 0 Å². The van der Waals surface area contributed by atoms with Gasteiger partial charge in [-0.05, 0) is 24.1 Å². The second-order valence-electron chi connectivity index (χ2n) is 4.59. The lowest BCUT2D eigenvalue weighted by molar-refractivity contribution is 0.0913. The largest absolute Gasteiger partial charge is 0.507 e. The highest BCUT2D eigenvalue weighted by Gasteiger charge is 2.17. The smallest absolute Gasteiger partial charge is 0.255 e. The topological polar surface area (TPSA) is 69.6 Å². The number of carbonyl (C=O) groups is 1. The Bertz CT molecular complexity index is 596. The van der Waals surface area contributed by atoms with Crippen LogP contribution in [0, 0.1) is 6.92 Å². The van der Waals surface area contributed by atoms with Crippen molar-refractivity contribution in [3.05, 3.63) is 65.2 Å². The molecule has 0 radical (unpaired) electrons. The number of aromatic hydroxyl groups is 1. The van der Waals surface area contributed by atoms with E-state index in [9.17, 15) is 15.0 Å². The summed E-state index contributed by atoms with van der Waals surface area (Å²) in [5.41, 5.74) is 1.66. The number of carbonyl (C=O) groups excluding carboxylic acids is 1. The van der Waals surface area contributed by atoms with E-state index in [-0.39, 0.29) is 17.9 Å². The third-order valence-electron chi connectivity index (χ3n) is 3.17. The minimum Gasteiger partial charge on any atom is -0.507 e. The molecule has 104 valence electrons. The van der Waals surface area contributed by atoms with Crippen LogP contribution in [0.25, 0.3) is 0 Å². The van der Waals surface area contributed by atoms with Crippen LogP contribution in [0.5, 0.6) is 5.75 Å². The van der Waals surface area contributed by atoms with Crippen LogP contribution in [-0.2, 0) is 0 Å². The van der Waals surface area contributed by atoms with Crippen molar-refractivity contribution in [3.63, 3.8) is 0 Å². The molecule has 4 heteroatoms. The molecule has 0 spiro atoms. The summed E-state index contributed by atoms with van der Waals surface area (Å²) in [4.78, 5) is 12.2. The summed E-state index contributed by atoms with van der Waals surface area (Å²) in [6.07, 6.45) is 0. The second-order valence-corrected chi connectivity index (χ2v) is 4.59. The maximum Gasteiger partial charge on any atom is 0.255 e. The van der Waals surface area contributed by atoms with E-state index in [0.29, 0.717) is 5.56 Å². The second kappa shape index (κ2) is 6.21. The lowest BCUT2D eigenvalue weighted by Crippen LogP contribution is -2.30. The maximum atomic E-state index is 12.2. The first-order valence-corrected chi connectivity index (χ1v) is 6.38. The zero-order valence-corrected chi connectivity index (χ0v) is 11.2. The van der Waals surface area contributed by atoms with Crippen LogP contribution in [0.4, 0.5) is 0 Å². The highest BCUT2D eigenvalue weighted by molar-refractivity contribution is 5.97. The summed E-state index contributed by atoms with van der Waals surface area (Å²) < 4.78 is 0. The van der Waals surface area contributed by atoms with Crippen LogP contribution in [0.2, 0.25) is 0 Å². The van der Waals surface area contributed by atoms with Gasteiger partial charge in [0.2, 0.25) is 0 Å². The first kappa shape index (κ1) is 14.1. The summed E-state index contributed by atoms with van der Waals surface area (Å²) >= 11 is 0. The normalized spacial score (nSPS) is 11.9. The van der Waals surface area contributed by atoms with Crippen molar-refractivity contribution in [2.45, 2.75) is 13.0 Å². The fourth-order valence-electron chi connectivity index (χ4n) is 2.00. The number of aliphatic hydroxyl groups is 1. The van der Waals surface area contributed by atoms with Crippen LogP contribution in [0.1, 0.15) is 27.5 Å². The van der Waals surface area contributed by atoms with Crippen LogP contribution < -0.4 is 5.32 Å². The van der Waals surface area contributed by atoms with Crippen molar-refractivity contribution in [1.29, 1.82) is 0 Å². The molecule has 0 aromatic heterocycles. The lowest BCUT2D eigenvalue weighted by Gasteiger charge is -2.17. The number of amides is 1. The van der Waals surface area contributed by atoms with E-state index in [0.717, 1.165) is 5.56 Å². The number of phenolic OH excluding ortho intramolecular Hbond substituents is 1. The summed E-state index contributed by atoms with van der Waals surface area (Å²) in [7, 11) is 0. The molecule has 0 aliphatic heterocycles. The number of hydrogen-bond acceptors (Lipinski definition) is 3. The molecule has 0 saturated carbocycles. The minimum atomic E-state index is -0.497. The summed E-state index contributed by atoms with van der Waals surface area (Å²) in [6, 6.07) is 13.7. The molecule has 2 aromatic carbocycles. The number of phenols is 1. The molecule has 0 saturated heterocycles. The number of hydrogen-bond donors (Lipinski definition) is 3. The van der Waals surface area contributed by atoms with Gasteiger partial charge in [0.15, 0.2) is 0 Å². The van der Waals surface area contributed by atoms with Gasteiger partial charge in [-0.25, -0.2) is 0 Å². The van der Waals surface area contributed by atoms with E-state index in [1.165, 1.54) is 0 Å². The van der Waals surface area contributed by atoms with Crippen LogP contribution in [0.3, 0.4) is 0 Å². The van der Waals surface area contributed by atoms with Gasteiger partial charge in [-0.3, -0.25) is 4.79 Å². The Balaban J connectivity index is 2.20. The zero-order valence-electron chi connectivity index (χ0n) is 11.2. The van der Waals surface area contributed by atoms with Gasteiger partial charge in [0.25, 0.3) is 5.91 Å². The molecule has 3 N–H and O–H groups in total. The predicted molar refractivity (Wildman–Crippen MR) is 76.6 cm³/mol. The van der Waals surface area contributed by atoms with Gasteiger partial charge in [-0.1, -0.05) is 42.5 Å². The molecule has 1 amide bonds. The van der Waals surface area contributed by atoms with E-state index in [1.54, 1.807) is 25.1 Å². The van der Waals surface area contributed by atoms with Gasteiger partial charge in [0, 0.05) is 0 Å². The Kier molecular flexibility index (Phi) is 4.38. The predicted octanol–water partition coefficient (Wildman–Crippen LogP) is 2.16. The summed E-state index contributed by atoms with van der Waals surface area (Å²) in [5.74, 6) is -0.441. The number of para-hydroxylation sites is 1. The molecule has 20 heavy (non-hydrogen) atoms. The molecule has 1 atom stereocenters. The average Bonchev–Trinajstić information content (AvgIpc) is 2.48. The number of nitrogens with one attached hydrogen (secondary N) is 1. The Morgan fingerprint density at radius 3 is 2.50 bits per heavy atom. The molecule has 2 aromatic rings. The third kappa shape index (κ3) is 2.97. The number of benzene rings is 2. The van der Waals surface area contributed by atoms with E-state index >= 15 is 0 Å². The maximum absolute atomic E-state index is 12.2. The van der Waals surface area contributed by atoms with Gasteiger partial charge >= 0.3 is 0 Å². The molecule has 4 nitrogen and oxygen atoms in total. The van der Waals surface area contributed by atoms with Crippen molar-refractivity contribution in [2.75, 3.05) is 6.61 Å². The molecule has 0 aliphatic rings. The number of rotatable bonds is 4. The molecule has 0 unspecified atom stereocenters. The third-order valence-corrected chi connectivity index (χ3v) is 3.17. The summed E-state index contributed by atoms with van der Waals surface area (Å²) in [6.45, 7) is 1.52. The molecule has 0 fully saturated rings. The number of aryl methyl sites for hydroxylation is 1. The van der Waals surface area contributed by atoms with E-state index in [1.807, 2.05) is 30.3 Å². The Morgan fingerprint density at radius 2 is 1.85 bits per heavy atom. The Labute approximate surface area is 117 Å². The summed E-state index contributed by atoms with van der Waals surface area (Å²) in [5, 5.41) is 22.0. The van der Waals surface area contributed by atoms with Gasteiger partial charge < -0.3 is 15.5 Å². The molecular weight excluding hydrogens is 254 g/mol. The fourth-order valence-corrected chi connectivity index (χ4v) is 2.00. The van der Waals surface area contributed by atoms with Crippen molar-refractivity contribution in [1.82, 2.24) is 5.32 Å². The van der Waals surface area contributed by atoms with E-state index in [4.69, 9.17) is 0 Å². The Hall–Kier alpha value is -2.33. The quantitative estimate of drug-likeness (QED) is 0.798. The SMILES string of the molecule is Cc1cccc(C(=O)N[C@H](CO)c2ccccc2)c1O. The first-order valence-electron chi connectivity index (χ1n) is 6.38. The fraction of sp³-hybridized carbons (Fsp3) is 0.188. The van der Waals surface area contributed by atoms with Crippen molar-refractivity contribution in [3.8, 4) is 5.75 Å². The number of aliphatic hydroxyl groups excluding tert-OH is 1. The van der Waals surface area contributed by atoms with Crippen LogP contribution >= 0.6 is 0 Å². The van der Waals surface area contributed by atoms with Crippen molar-refractivity contribution < 1.29 is 15.0 Å². The molecule has 0 aliphatic carbocycles. The van der Waals surface area contributed by atoms with Gasteiger partial charge in [-0.2, -0.15) is 0 Å². The zero-order chi connectivity index (χ0) is 14.5. The van der Waals surface area contributed by atoms with E-state index < -0.39 is 11.9 Å².